The Morgan fingerprint density at radius 2 is 1.56 bits per heavy atom. The number of benzene rings is 1. The maximum Gasteiger partial charge on any atom is 0 e. The largest absolute Gasteiger partial charge is 0.214 e. The summed E-state index contributed by atoms with van der Waals surface area (Å²) in [6, 6.07) is 22.8. The molecule has 2 aliphatic rings. The minimum atomic E-state index is 0. The van der Waals surface area contributed by atoms with Crippen molar-refractivity contribution in [2.45, 2.75) is 6.92 Å². The summed E-state index contributed by atoms with van der Waals surface area (Å²) < 4.78 is 0. The first kappa shape index (κ1) is 12.8. The zero-order valence-corrected chi connectivity index (χ0v) is 10.3. The number of aryl methyl sites for hydroxylation is 1. The molecule has 0 N–H and O–H groups in total. The van der Waals surface area contributed by atoms with Crippen LogP contribution in [0.1, 0.15) is 5.56 Å². The van der Waals surface area contributed by atoms with Crippen molar-refractivity contribution < 1.29 is 17.1 Å². The Bertz CT molecular complexity index is 415. The molecule has 84 valence electrons. The molecule has 0 bridgehead atoms. The van der Waals surface area contributed by atoms with E-state index in [-0.39, 0.29) is 17.1 Å². The van der Waals surface area contributed by atoms with Crippen LogP contribution in [-0.4, -0.2) is 0 Å². The van der Waals surface area contributed by atoms with Crippen molar-refractivity contribution in [1.82, 2.24) is 0 Å². The van der Waals surface area contributed by atoms with E-state index in [2.05, 4.69) is 43.3 Å². The Balaban J connectivity index is 0.000000183. The first-order valence-electron chi connectivity index (χ1n) is 5.15. The number of hydrogen-bond acceptors (Lipinski definition) is 0. The molecule has 0 radical (unpaired) electrons. The molecule has 0 saturated heterocycles. The Kier molecular flexibility index (Phi) is 5.04. The summed E-state index contributed by atoms with van der Waals surface area (Å²) in [4.78, 5) is 0. The minimum absolute atomic E-state index is 0. The predicted octanol–water partition coefficient (Wildman–Crippen LogP) is 4.22. The number of fused-ring (bicyclic) bond motifs is 1. The van der Waals surface area contributed by atoms with Gasteiger partial charge in [0.2, 0.25) is 0 Å². The molecule has 0 aromatic heterocycles. The van der Waals surface area contributed by atoms with E-state index in [1.165, 1.54) is 16.7 Å². The van der Waals surface area contributed by atoms with Gasteiger partial charge in [-0.25, -0.2) is 12.1 Å². The van der Waals surface area contributed by atoms with Gasteiger partial charge in [0.05, 0.1) is 0 Å². The molecule has 3 rings (SSSR count). The molecule has 0 atom stereocenters. The van der Waals surface area contributed by atoms with Crippen molar-refractivity contribution >= 4 is 0 Å². The van der Waals surface area contributed by atoms with Gasteiger partial charge in [0.15, 0.2) is 0 Å². The van der Waals surface area contributed by atoms with Crippen LogP contribution in [0.15, 0.2) is 66.7 Å². The minimum Gasteiger partial charge on any atom is -0.214 e. The molecule has 2 aliphatic carbocycles. The van der Waals surface area contributed by atoms with Crippen LogP contribution in [0, 0.1) is 6.92 Å². The van der Waals surface area contributed by atoms with Crippen LogP contribution in [0.2, 0.25) is 0 Å². The van der Waals surface area contributed by atoms with Crippen LogP contribution in [-0.2, 0) is 17.1 Å². The molecular formula is C15H14Fe-2. The van der Waals surface area contributed by atoms with Gasteiger partial charge in [0.25, 0.3) is 0 Å². The van der Waals surface area contributed by atoms with Gasteiger partial charge in [-0.3, -0.25) is 0 Å². The van der Waals surface area contributed by atoms with Gasteiger partial charge in [-0.2, -0.15) is 42.5 Å². The molecule has 0 spiro atoms. The van der Waals surface area contributed by atoms with Gasteiger partial charge in [-0.05, 0) is 6.92 Å². The topological polar surface area (TPSA) is 0 Å². The van der Waals surface area contributed by atoms with Crippen LogP contribution in [0.4, 0.5) is 0 Å². The summed E-state index contributed by atoms with van der Waals surface area (Å²) in [5.41, 5.74) is 4.04. The normalized spacial score (nSPS) is 9.06. The standard InChI is InChI=1S/C10H9.C5H5.Fe/c1-8-6-9-4-2-3-5-10(9)7-8;1-2-4-5-3-1;/h2-7H,1H3;1-5H;/q2*-1;. The van der Waals surface area contributed by atoms with Crippen molar-refractivity contribution in [3.05, 3.63) is 72.3 Å². The fourth-order valence-electron chi connectivity index (χ4n) is 1.63. The maximum absolute atomic E-state index is 2.20. The summed E-state index contributed by atoms with van der Waals surface area (Å²) in [7, 11) is 0. The van der Waals surface area contributed by atoms with E-state index in [9.17, 15) is 0 Å². The number of rotatable bonds is 0. The Labute approximate surface area is 107 Å². The van der Waals surface area contributed by atoms with Gasteiger partial charge in [0, 0.05) is 17.1 Å². The SMILES string of the molecule is Cc1cc2cc[cH-]cc-2c1.[Fe].c1cc[cH-]c1. The van der Waals surface area contributed by atoms with E-state index in [1.54, 1.807) is 0 Å². The zero-order valence-electron chi connectivity index (χ0n) is 9.20. The Morgan fingerprint density at radius 1 is 0.875 bits per heavy atom. The molecule has 1 aromatic rings. The average Bonchev–Trinajstić information content (AvgIpc) is 2.87. The monoisotopic (exact) mass is 250 g/mol. The molecule has 0 amide bonds. The summed E-state index contributed by atoms with van der Waals surface area (Å²) in [5, 5.41) is 0. The molecule has 1 heteroatoms. The molecule has 0 aliphatic heterocycles. The van der Waals surface area contributed by atoms with Crippen LogP contribution in [0.3, 0.4) is 0 Å². The second-order valence-corrected chi connectivity index (χ2v) is 3.62. The molecular weight excluding hydrogens is 236 g/mol. The van der Waals surface area contributed by atoms with Gasteiger partial charge >= 0.3 is 0 Å². The smallest absolute Gasteiger partial charge is 0 e. The third-order valence-electron chi connectivity index (χ3n) is 2.32. The van der Waals surface area contributed by atoms with E-state index in [4.69, 9.17) is 0 Å². The molecule has 0 saturated carbocycles. The summed E-state index contributed by atoms with van der Waals surface area (Å²) >= 11 is 0. The van der Waals surface area contributed by atoms with E-state index >= 15 is 0 Å². The molecule has 0 unspecified atom stereocenters. The van der Waals surface area contributed by atoms with E-state index in [0.717, 1.165) is 0 Å². The molecule has 0 heterocycles. The maximum atomic E-state index is 2.20. The number of hydrogen-bond donors (Lipinski definition) is 0. The second kappa shape index (κ2) is 6.32. The fourth-order valence-corrected chi connectivity index (χ4v) is 1.63. The molecule has 0 fully saturated rings. The van der Waals surface area contributed by atoms with E-state index in [0.29, 0.717) is 0 Å². The Hall–Kier alpha value is -1.30. The van der Waals surface area contributed by atoms with Crippen LogP contribution >= 0.6 is 0 Å². The van der Waals surface area contributed by atoms with Crippen molar-refractivity contribution in [2.75, 3.05) is 0 Å². The summed E-state index contributed by atoms with van der Waals surface area (Å²) in [6.07, 6.45) is 0. The molecule has 0 nitrogen and oxygen atoms in total. The molecule has 1 aromatic carbocycles. The third-order valence-corrected chi connectivity index (χ3v) is 2.32. The van der Waals surface area contributed by atoms with Gasteiger partial charge in [0.1, 0.15) is 0 Å². The van der Waals surface area contributed by atoms with Crippen molar-refractivity contribution in [3.63, 3.8) is 0 Å². The van der Waals surface area contributed by atoms with Gasteiger partial charge < -0.3 is 0 Å². The van der Waals surface area contributed by atoms with E-state index < -0.39 is 0 Å². The third kappa shape index (κ3) is 3.37. The fraction of sp³-hybridized carbons (Fsp3) is 0.0667. The second-order valence-electron chi connectivity index (χ2n) is 3.62. The summed E-state index contributed by atoms with van der Waals surface area (Å²) in [5.74, 6) is 0. The van der Waals surface area contributed by atoms with Crippen molar-refractivity contribution in [3.8, 4) is 11.1 Å². The van der Waals surface area contributed by atoms with Crippen LogP contribution < -0.4 is 0 Å². The van der Waals surface area contributed by atoms with Gasteiger partial charge in [-0.15, -0.1) is 17.2 Å². The van der Waals surface area contributed by atoms with Crippen LogP contribution in [0.25, 0.3) is 11.1 Å². The Morgan fingerprint density at radius 3 is 2.12 bits per heavy atom. The zero-order chi connectivity index (χ0) is 10.5. The van der Waals surface area contributed by atoms with E-state index in [1.807, 2.05) is 30.3 Å². The molecule has 16 heavy (non-hydrogen) atoms. The quantitative estimate of drug-likeness (QED) is 0.414. The van der Waals surface area contributed by atoms with Gasteiger partial charge in [-0.1, -0.05) is 11.6 Å². The van der Waals surface area contributed by atoms with Crippen LogP contribution in [0.5, 0.6) is 0 Å². The summed E-state index contributed by atoms with van der Waals surface area (Å²) in [6.45, 7) is 2.12. The predicted molar refractivity (Wildman–Crippen MR) is 65.4 cm³/mol. The first-order chi connectivity index (χ1) is 7.36. The first-order valence-corrected chi connectivity index (χ1v) is 5.15. The van der Waals surface area contributed by atoms with Crippen molar-refractivity contribution in [2.24, 2.45) is 0 Å². The average molecular weight is 250 g/mol. The van der Waals surface area contributed by atoms with Crippen molar-refractivity contribution in [1.29, 1.82) is 0 Å².